The fourth-order valence-electron chi connectivity index (χ4n) is 4.20. The summed E-state index contributed by atoms with van der Waals surface area (Å²) in [6.45, 7) is 0.672. The monoisotopic (exact) mass is 441 g/mol. The summed E-state index contributed by atoms with van der Waals surface area (Å²) in [5, 5.41) is 4.24. The number of ether oxygens (including phenoxy) is 1. The molecule has 0 amide bonds. The van der Waals surface area contributed by atoms with Crippen molar-refractivity contribution in [2.75, 3.05) is 7.11 Å². The summed E-state index contributed by atoms with van der Waals surface area (Å²) in [5.41, 5.74) is 4.30. The molecular formula is C25H23N5OS. The molecule has 1 fully saturated rings. The van der Waals surface area contributed by atoms with Crippen LogP contribution in [0.15, 0.2) is 91.5 Å². The Morgan fingerprint density at radius 1 is 0.969 bits per heavy atom. The van der Waals surface area contributed by atoms with Crippen LogP contribution >= 0.6 is 12.2 Å². The van der Waals surface area contributed by atoms with Gasteiger partial charge in [0.2, 0.25) is 0 Å². The van der Waals surface area contributed by atoms with Gasteiger partial charge in [-0.3, -0.25) is 9.97 Å². The van der Waals surface area contributed by atoms with Crippen LogP contribution in [0.4, 0.5) is 0 Å². The Hall–Kier alpha value is -3.71. The van der Waals surface area contributed by atoms with E-state index in [1.54, 1.807) is 7.11 Å². The largest absolute Gasteiger partial charge is 0.497 e. The molecule has 0 aliphatic carbocycles. The second-order valence-electron chi connectivity index (χ2n) is 7.61. The average molecular weight is 442 g/mol. The molecule has 2 atom stereocenters. The van der Waals surface area contributed by atoms with Gasteiger partial charge < -0.3 is 19.5 Å². The summed E-state index contributed by atoms with van der Waals surface area (Å²) in [4.78, 5) is 11.0. The number of rotatable bonds is 6. The number of aromatic nitrogens is 3. The summed E-state index contributed by atoms with van der Waals surface area (Å²) in [6, 6.07) is 22.2. The molecule has 6 nitrogen and oxygen atoms in total. The molecule has 0 spiro atoms. The number of pyridine rings is 2. The van der Waals surface area contributed by atoms with Gasteiger partial charge in [0.25, 0.3) is 0 Å². The standard InChI is InChI=1S/C25H23N5OS/c1-31-20-9-7-18(8-10-20)17-30-24(23(28-25(30)32)21-5-2-3-13-27-21)22-6-4-16-29(22)19-11-14-26-15-12-19/h2-16,23-24H,17H2,1H3,(H,28,32). The molecule has 1 N–H and O–H groups in total. The summed E-state index contributed by atoms with van der Waals surface area (Å²) >= 11 is 5.82. The number of thiocarbonyl (C=S) groups is 1. The van der Waals surface area contributed by atoms with Gasteiger partial charge in [0, 0.05) is 42.7 Å². The number of hydrogen-bond acceptors (Lipinski definition) is 4. The zero-order valence-corrected chi connectivity index (χ0v) is 18.4. The Labute approximate surface area is 192 Å². The number of benzene rings is 1. The lowest BCUT2D eigenvalue weighted by Crippen LogP contribution is -2.30. The van der Waals surface area contributed by atoms with E-state index in [1.165, 1.54) is 0 Å². The van der Waals surface area contributed by atoms with Crippen molar-refractivity contribution in [3.8, 4) is 11.4 Å². The highest BCUT2D eigenvalue weighted by molar-refractivity contribution is 7.80. The minimum Gasteiger partial charge on any atom is -0.497 e. The van der Waals surface area contributed by atoms with E-state index in [1.807, 2.05) is 61.1 Å². The van der Waals surface area contributed by atoms with Crippen molar-refractivity contribution in [3.05, 3.63) is 108 Å². The lowest BCUT2D eigenvalue weighted by atomic mass is 10.0. The molecule has 5 rings (SSSR count). The zero-order chi connectivity index (χ0) is 21.9. The number of hydrogen-bond donors (Lipinski definition) is 1. The van der Waals surface area contributed by atoms with Crippen molar-refractivity contribution in [1.29, 1.82) is 0 Å². The van der Waals surface area contributed by atoms with Crippen molar-refractivity contribution in [2.24, 2.45) is 0 Å². The predicted molar refractivity (Wildman–Crippen MR) is 128 cm³/mol. The van der Waals surface area contributed by atoms with Crippen molar-refractivity contribution >= 4 is 17.3 Å². The van der Waals surface area contributed by atoms with Gasteiger partial charge in [-0.2, -0.15) is 0 Å². The molecule has 3 aromatic heterocycles. The SMILES string of the molecule is COc1ccc(CN2C(=S)NC(c3ccccn3)C2c2cccn2-c2ccncc2)cc1. The lowest BCUT2D eigenvalue weighted by molar-refractivity contribution is 0.302. The molecule has 0 bridgehead atoms. The van der Waals surface area contributed by atoms with E-state index in [4.69, 9.17) is 17.0 Å². The van der Waals surface area contributed by atoms with Gasteiger partial charge in [-0.1, -0.05) is 18.2 Å². The predicted octanol–water partition coefficient (Wildman–Crippen LogP) is 4.45. The Bertz CT molecular complexity index is 1190. The summed E-state index contributed by atoms with van der Waals surface area (Å²) in [6.07, 6.45) is 7.52. The molecule has 1 aliphatic heterocycles. The van der Waals surface area contributed by atoms with Gasteiger partial charge in [-0.25, -0.2) is 0 Å². The lowest BCUT2D eigenvalue weighted by Gasteiger charge is -2.29. The Morgan fingerprint density at radius 3 is 2.50 bits per heavy atom. The van der Waals surface area contributed by atoms with Crippen LogP contribution < -0.4 is 10.1 Å². The molecule has 1 aliphatic rings. The third-order valence-electron chi connectivity index (χ3n) is 5.73. The van der Waals surface area contributed by atoms with E-state index < -0.39 is 0 Å². The number of nitrogens with zero attached hydrogens (tertiary/aromatic N) is 4. The molecule has 1 saturated heterocycles. The fraction of sp³-hybridized carbons (Fsp3) is 0.160. The molecule has 4 heterocycles. The number of nitrogens with one attached hydrogen (secondary N) is 1. The maximum atomic E-state index is 5.82. The first-order valence-corrected chi connectivity index (χ1v) is 10.8. The van der Waals surface area contributed by atoms with Crippen LogP contribution in [0, 0.1) is 0 Å². The highest BCUT2D eigenvalue weighted by Gasteiger charge is 2.41. The minimum absolute atomic E-state index is 0.0392. The average Bonchev–Trinajstić information content (AvgIpc) is 3.45. The van der Waals surface area contributed by atoms with E-state index in [9.17, 15) is 0 Å². The van der Waals surface area contributed by atoms with Crippen molar-refractivity contribution in [2.45, 2.75) is 18.6 Å². The minimum atomic E-state index is -0.0718. The molecule has 1 aromatic carbocycles. The van der Waals surface area contributed by atoms with Crippen LogP contribution in [0.3, 0.4) is 0 Å². The first kappa shape index (κ1) is 20.2. The molecule has 160 valence electrons. The van der Waals surface area contributed by atoms with Crippen molar-refractivity contribution in [3.63, 3.8) is 0 Å². The molecule has 4 aromatic rings. The summed E-state index contributed by atoms with van der Waals surface area (Å²) in [5.74, 6) is 0.838. The van der Waals surface area contributed by atoms with Gasteiger partial charge in [0.05, 0.1) is 24.9 Å². The third kappa shape index (κ3) is 3.83. The van der Waals surface area contributed by atoms with Gasteiger partial charge in [0.1, 0.15) is 5.75 Å². The molecular weight excluding hydrogens is 418 g/mol. The maximum Gasteiger partial charge on any atom is 0.170 e. The topological polar surface area (TPSA) is 55.2 Å². The Kier molecular flexibility index (Phi) is 5.56. The Morgan fingerprint density at radius 2 is 1.78 bits per heavy atom. The van der Waals surface area contributed by atoms with E-state index in [-0.39, 0.29) is 12.1 Å². The Balaban J connectivity index is 1.57. The zero-order valence-electron chi connectivity index (χ0n) is 17.6. The fourth-order valence-corrected chi connectivity index (χ4v) is 4.50. The van der Waals surface area contributed by atoms with Crippen LogP contribution in [-0.4, -0.2) is 31.7 Å². The highest BCUT2D eigenvalue weighted by Crippen LogP contribution is 2.40. The van der Waals surface area contributed by atoms with Gasteiger partial charge in [-0.05, 0) is 66.3 Å². The van der Waals surface area contributed by atoms with Crippen LogP contribution in [0.2, 0.25) is 0 Å². The van der Waals surface area contributed by atoms with Crippen LogP contribution in [-0.2, 0) is 6.54 Å². The second kappa shape index (κ2) is 8.80. The van der Waals surface area contributed by atoms with E-state index in [0.717, 1.165) is 28.4 Å². The number of methoxy groups -OCH3 is 1. The third-order valence-corrected chi connectivity index (χ3v) is 6.09. The van der Waals surface area contributed by atoms with E-state index in [0.29, 0.717) is 11.7 Å². The van der Waals surface area contributed by atoms with Crippen LogP contribution in [0.5, 0.6) is 5.75 Å². The van der Waals surface area contributed by atoms with E-state index >= 15 is 0 Å². The molecule has 0 radical (unpaired) electrons. The van der Waals surface area contributed by atoms with Crippen molar-refractivity contribution in [1.82, 2.24) is 24.8 Å². The first-order valence-electron chi connectivity index (χ1n) is 10.4. The van der Waals surface area contributed by atoms with E-state index in [2.05, 4.69) is 55.2 Å². The summed E-state index contributed by atoms with van der Waals surface area (Å²) in [7, 11) is 1.68. The highest BCUT2D eigenvalue weighted by atomic mass is 32.1. The molecule has 7 heteroatoms. The van der Waals surface area contributed by atoms with Crippen molar-refractivity contribution < 1.29 is 4.74 Å². The normalized spacial score (nSPS) is 17.9. The second-order valence-corrected chi connectivity index (χ2v) is 8.00. The first-order chi connectivity index (χ1) is 15.7. The van der Waals surface area contributed by atoms with Gasteiger partial charge in [0.15, 0.2) is 5.11 Å². The van der Waals surface area contributed by atoms with Crippen LogP contribution in [0.1, 0.15) is 29.0 Å². The smallest absolute Gasteiger partial charge is 0.170 e. The quantitative estimate of drug-likeness (QED) is 0.446. The molecule has 32 heavy (non-hydrogen) atoms. The molecule has 0 saturated carbocycles. The summed E-state index contributed by atoms with van der Waals surface area (Å²) < 4.78 is 7.50. The van der Waals surface area contributed by atoms with Crippen LogP contribution in [0.25, 0.3) is 5.69 Å². The maximum absolute atomic E-state index is 5.82. The van der Waals surface area contributed by atoms with Gasteiger partial charge in [-0.15, -0.1) is 0 Å². The molecule has 2 unspecified atom stereocenters. The van der Waals surface area contributed by atoms with Gasteiger partial charge >= 0.3 is 0 Å².